The zero-order valence-corrected chi connectivity index (χ0v) is 12.2. The fourth-order valence-corrected chi connectivity index (χ4v) is 2.92. The molecule has 18 heavy (non-hydrogen) atoms. The number of carbonyl (C=O) groups is 1. The largest absolute Gasteiger partial charge is 0.398 e. The fraction of sp³-hybridized carbons (Fsp3) is 0.500. The minimum Gasteiger partial charge on any atom is -0.398 e. The molecule has 1 fully saturated rings. The van der Waals surface area contributed by atoms with Gasteiger partial charge in [0.1, 0.15) is 0 Å². The third kappa shape index (κ3) is 3.05. The van der Waals surface area contributed by atoms with Gasteiger partial charge in [-0.2, -0.15) is 0 Å². The molecule has 1 saturated carbocycles. The Morgan fingerprint density at radius 1 is 1.33 bits per heavy atom. The van der Waals surface area contributed by atoms with Gasteiger partial charge in [-0.15, -0.1) is 0 Å². The molecule has 0 aliphatic heterocycles. The third-order valence-electron chi connectivity index (χ3n) is 3.63. The molecule has 0 radical (unpaired) electrons. The number of benzene rings is 1. The van der Waals surface area contributed by atoms with Crippen molar-refractivity contribution in [1.29, 1.82) is 0 Å². The van der Waals surface area contributed by atoms with E-state index >= 15 is 0 Å². The van der Waals surface area contributed by atoms with Gasteiger partial charge < -0.3 is 11.1 Å². The highest BCUT2D eigenvalue weighted by atomic mass is 79.9. The van der Waals surface area contributed by atoms with Gasteiger partial charge in [-0.1, -0.05) is 35.2 Å². The molecule has 2 rings (SSSR count). The first-order chi connectivity index (χ1) is 8.50. The molecule has 0 saturated heterocycles. The van der Waals surface area contributed by atoms with E-state index in [-0.39, 0.29) is 11.4 Å². The SMILES string of the molecule is CC1(NC(=O)c2ccc(Br)cc2N)CCCCC1. The van der Waals surface area contributed by atoms with Gasteiger partial charge >= 0.3 is 0 Å². The lowest BCUT2D eigenvalue weighted by Gasteiger charge is -2.34. The zero-order chi connectivity index (χ0) is 13.2. The molecular weight excluding hydrogens is 292 g/mol. The summed E-state index contributed by atoms with van der Waals surface area (Å²) in [5.41, 5.74) is 6.88. The number of anilines is 1. The van der Waals surface area contributed by atoms with E-state index in [1.54, 1.807) is 12.1 Å². The molecule has 0 aromatic heterocycles. The van der Waals surface area contributed by atoms with Crippen molar-refractivity contribution in [3.8, 4) is 0 Å². The van der Waals surface area contributed by atoms with Crippen LogP contribution in [0.5, 0.6) is 0 Å². The van der Waals surface area contributed by atoms with E-state index in [1.165, 1.54) is 19.3 Å². The number of amides is 1. The van der Waals surface area contributed by atoms with E-state index in [1.807, 2.05) is 6.07 Å². The summed E-state index contributed by atoms with van der Waals surface area (Å²) >= 11 is 3.34. The molecule has 1 aliphatic carbocycles. The van der Waals surface area contributed by atoms with Gasteiger partial charge in [0.15, 0.2) is 0 Å². The van der Waals surface area contributed by atoms with Crippen LogP contribution < -0.4 is 11.1 Å². The van der Waals surface area contributed by atoms with Gasteiger partial charge in [0.05, 0.1) is 5.56 Å². The maximum atomic E-state index is 12.2. The second-order valence-electron chi connectivity index (χ2n) is 5.31. The average Bonchev–Trinajstić information content (AvgIpc) is 2.28. The van der Waals surface area contributed by atoms with E-state index in [0.29, 0.717) is 11.3 Å². The summed E-state index contributed by atoms with van der Waals surface area (Å²) in [5, 5.41) is 3.14. The summed E-state index contributed by atoms with van der Waals surface area (Å²) in [6.45, 7) is 2.12. The predicted molar refractivity (Wildman–Crippen MR) is 77.5 cm³/mol. The van der Waals surface area contributed by atoms with Crippen LogP contribution in [-0.2, 0) is 0 Å². The number of carbonyl (C=O) groups excluding carboxylic acids is 1. The van der Waals surface area contributed by atoms with Crippen LogP contribution in [0.1, 0.15) is 49.4 Å². The highest BCUT2D eigenvalue weighted by Crippen LogP contribution is 2.28. The van der Waals surface area contributed by atoms with Crippen molar-refractivity contribution in [1.82, 2.24) is 5.32 Å². The zero-order valence-electron chi connectivity index (χ0n) is 10.6. The Bertz CT molecular complexity index is 453. The number of nitrogen functional groups attached to an aromatic ring is 1. The van der Waals surface area contributed by atoms with Crippen molar-refractivity contribution in [2.75, 3.05) is 5.73 Å². The van der Waals surface area contributed by atoms with E-state index in [2.05, 4.69) is 28.2 Å². The number of hydrogen-bond acceptors (Lipinski definition) is 2. The Morgan fingerprint density at radius 2 is 2.00 bits per heavy atom. The van der Waals surface area contributed by atoms with Crippen molar-refractivity contribution in [2.45, 2.75) is 44.6 Å². The minimum atomic E-state index is -0.0746. The van der Waals surface area contributed by atoms with E-state index in [9.17, 15) is 4.79 Å². The van der Waals surface area contributed by atoms with Crippen LogP contribution in [0, 0.1) is 0 Å². The van der Waals surface area contributed by atoms with Gasteiger partial charge in [0.2, 0.25) is 0 Å². The minimum absolute atomic E-state index is 0.0654. The maximum Gasteiger partial charge on any atom is 0.253 e. The molecule has 1 aromatic carbocycles. The van der Waals surface area contributed by atoms with Crippen molar-refractivity contribution in [3.05, 3.63) is 28.2 Å². The molecule has 3 nitrogen and oxygen atoms in total. The van der Waals surface area contributed by atoms with Crippen LogP contribution in [0.4, 0.5) is 5.69 Å². The molecule has 0 atom stereocenters. The van der Waals surface area contributed by atoms with E-state index in [0.717, 1.165) is 17.3 Å². The monoisotopic (exact) mass is 310 g/mol. The normalized spacial score (nSPS) is 18.3. The number of hydrogen-bond donors (Lipinski definition) is 2. The topological polar surface area (TPSA) is 55.1 Å². The Morgan fingerprint density at radius 3 is 2.61 bits per heavy atom. The van der Waals surface area contributed by atoms with Crippen molar-refractivity contribution in [2.24, 2.45) is 0 Å². The van der Waals surface area contributed by atoms with E-state index in [4.69, 9.17) is 5.73 Å². The molecule has 1 amide bonds. The van der Waals surface area contributed by atoms with Crippen molar-refractivity contribution >= 4 is 27.5 Å². The summed E-state index contributed by atoms with van der Waals surface area (Å²) in [7, 11) is 0. The number of halogens is 1. The van der Waals surface area contributed by atoms with Gasteiger partial charge in [-0.3, -0.25) is 4.79 Å². The number of nitrogens with two attached hydrogens (primary N) is 1. The van der Waals surface area contributed by atoms with Gasteiger partial charge in [-0.05, 0) is 38.0 Å². The van der Waals surface area contributed by atoms with Crippen LogP contribution in [0.3, 0.4) is 0 Å². The molecule has 1 aromatic rings. The molecule has 0 bridgehead atoms. The molecule has 0 heterocycles. The first-order valence-corrected chi connectivity index (χ1v) is 7.17. The second-order valence-corrected chi connectivity index (χ2v) is 6.22. The standard InChI is InChI=1S/C14H19BrN2O/c1-14(7-3-2-4-8-14)17-13(18)11-6-5-10(15)9-12(11)16/h5-6,9H,2-4,7-8,16H2,1H3,(H,17,18). The Kier molecular flexibility index (Phi) is 3.95. The Labute approximate surface area is 116 Å². The third-order valence-corrected chi connectivity index (χ3v) is 4.12. The second kappa shape index (κ2) is 5.31. The van der Waals surface area contributed by atoms with Gasteiger partial charge in [0, 0.05) is 15.7 Å². The predicted octanol–water partition coefficient (Wildman–Crippen LogP) is 3.48. The lowest BCUT2D eigenvalue weighted by atomic mass is 9.83. The van der Waals surface area contributed by atoms with Crippen molar-refractivity contribution < 1.29 is 4.79 Å². The highest BCUT2D eigenvalue weighted by Gasteiger charge is 2.29. The summed E-state index contributed by atoms with van der Waals surface area (Å²) in [5.74, 6) is -0.0654. The van der Waals surface area contributed by atoms with Crippen LogP contribution >= 0.6 is 15.9 Å². The van der Waals surface area contributed by atoms with Gasteiger partial charge in [0.25, 0.3) is 5.91 Å². The van der Waals surface area contributed by atoms with Gasteiger partial charge in [-0.25, -0.2) is 0 Å². The molecular formula is C14H19BrN2O. The molecule has 98 valence electrons. The van der Waals surface area contributed by atoms with Crippen LogP contribution in [0.15, 0.2) is 22.7 Å². The smallest absolute Gasteiger partial charge is 0.253 e. The lowest BCUT2D eigenvalue weighted by Crippen LogP contribution is -2.47. The first-order valence-electron chi connectivity index (χ1n) is 6.38. The molecule has 0 spiro atoms. The first kappa shape index (κ1) is 13.4. The van der Waals surface area contributed by atoms with Crippen molar-refractivity contribution in [3.63, 3.8) is 0 Å². The van der Waals surface area contributed by atoms with E-state index < -0.39 is 0 Å². The summed E-state index contributed by atoms with van der Waals surface area (Å²) < 4.78 is 0.889. The summed E-state index contributed by atoms with van der Waals surface area (Å²) in [4.78, 5) is 12.2. The average molecular weight is 311 g/mol. The molecule has 0 unspecified atom stereocenters. The number of nitrogens with one attached hydrogen (secondary N) is 1. The van der Waals surface area contributed by atoms with Crippen LogP contribution in [-0.4, -0.2) is 11.4 Å². The van der Waals surface area contributed by atoms with Crippen LogP contribution in [0.2, 0.25) is 0 Å². The Balaban J connectivity index is 2.11. The highest BCUT2D eigenvalue weighted by molar-refractivity contribution is 9.10. The molecule has 3 N–H and O–H groups in total. The summed E-state index contributed by atoms with van der Waals surface area (Å²) in [6.07, 6.45) is 5.75. The van der Waals surface area contributed by atoms with Crippen LogP contribution in [0.25, 0.3) is 0 Å². The Hall–Kier alpha value is -1.03. The lowest BCUT2D eigenvalue weighted by molar-refractivity contribution is 0.0883. The maximum absolute atomic E-state index is 12.2. The molecule has 1 aliphatic rings. The molecule has 4 heteroatoms. The number of rotatable bonds is 2. The quantitative estimate of drug-likeness (QED) is 0.822. The summed E-state index contributed by atoms with van der Waals surface area (Å²) in [6, 6.07) is 5.37. The fourth-order valence-electron chi connectivity index (χ4n) is 2.54.